The topological polar surface area (TPSA) is 24.9 Å². The van der Waals surface area contributed by atoms with Crippen LogP contribution in [-0.2, 0) is 0 Å². The van der Waals surface area contributed by atoms with Crippen LogP contribution in [0.1, 0.15) is 29.2 Å². The zero-order chi connectivity index (χ0) is 13.1. The molecule has 0 fully saturated rings. The van der Waals surface area contributed by atoms with Crippen molar-refractivity contribution in [2.24, 2.45) is 0 Å². The highest BCUT2D eigenvalue weighted by Crippen LogP contribution is 2.29. The van der Waals surface area contributed by atoms with Gasteiger partial charge in [0.2, 0.25) is 0 Å². The summed E-state index contributed by atoms with van der Waals surface area (Å²) in [5, 5.41) is 6.80. The molecule has 1 unspecified atom stereocenters. The van der Waals surface area contributed by atoms with Crippen LogP contribution in [-0.4, -0.2) is 11.5 Å². The quantitative estimate of drug-likeness (QED) is 0.920. The van der Waals surface area contributed by atoms with Crippen molar-refractivity contribution in [3.63, 3.8) is 0 Å². The number of nitrogens with zero attached hydrogens (tertiary/aromatic N) is 1. The summed E-state index contributed by atoms with van der Waals surface area (Å²) >= 11 is 7.73. The van der Waals surface area contributed by atoms with Gasteiger partial charge in [-0.3, -0.25) is 0 Å². The van der Waals surface area contributed by atoms with Crippen LogP contribution in [0, 0.1) is 12.7 Å². The number of hydrogen-bond donors (Lipinski definition) is 1. The minimum absolute atomic E-state index is 0.164. The standard InChI is InChI=1S/C13H14ClFN2S/c1-3-16-13(12-7-18-8(2)17-12)10-6-9(15)4-5-11(10)14/h4-7,13,16H,3H2,1-2H3. The van der Waals surface area contributed by atoms with Gasteiger partial charge in [0.15, 0.2) is 0 Å². The zero-order valence-electron chi connectivity index (χ0n) is 10.2. The van der Waals surface area contributed by atoms with Gasteiger partial charge in [0, 0.05) is 10.4 Å². The molecule has 1 N–H and O–H groups in total. The minimum atomic E-state index is -0.288. The molecule has 0 bridgehead atoms. The Hall–Kier alpha value is -0.970. The van der Waals surface area contributed by atoms with Crippen molar-refractivity contribution in [2.75, 3.05) is 6.54 Å². The van der Waals surface area contributed by atoms with Gasteiger partial charge < -0.3 is 5.32 Å². The third-order valence-corrected chi connectivity index (χ3v) is 3.75. The van der Waals surface area contributed by atoms with Gasteiger partial charge in [0.1, 0.15) is 5.82 Å². The van der Waals surface area contributed by atoms with E-state index < -0.39 is 0 Å². The Balaban J connectivity index is 2.44. The number of aromatic nitrogens is 1. The number of hydrogen-bond acceptors (Lipinski definition) is 3. The summed E-state index contributed by atoms with van der Waals surface area (Å²) < 4.78 is 13.4. The lowest BCUT2D eigenvalue weighted by molar-refractivity contribution is 0.597. The molecule has 2 nitrogen and oxygen atoms in total. The summed E-state index contributed by atoms with van der Waals surface area (Å²) in [5.74, 6) is -0.288. The summed E-state index contributed by atoms with van der Waals surface area (Å²) in [5.41, 5.74) is 1.61. The molecule has 0 aliphatic rings. The molecule has 0 saturated carbocycles. The summed E-state index contributed by atoms with van der Waals surface area (Å²) in [4.78, 5) is 4.45. The maximum Gasteiger partial charge on any atom is 0.123 e. The van der Waals surface area contributed by atoms with Crippen molar-refractivity contribution >= 4 is 22.9 Å². The van der Waals surface area contributed by atoms with E-state index in [4.69, 9.17) is 11.6 Å². The molecule has 0 aliphatic heterocycles. The Bertz CT molecular complexity index is 542. The zero-order valence-corrected chi connectivity index (χ0v) is 11.8. The smallest absolute Gasteiger partial charge is 0.123 e. The SMILES string of the molecule is CCNC(c1csc(C)n1)c1cc(F)ccc1Cl. The highest BCUT2D eigenvalue weighted by molar-refractivity contribution is 7.09. The molecule has 1 atom stereocenters. The molecule has 18 heavy (non-hydrogen) atoms. The maximum absolute atomic E-state index is 13.4. The van der Waals surface area contributed by atoms with E-state index in [9.17, 15) is 4.39 Å². The number of nitrogens with one attached hydrogen (secondary N) is 1. The second-order valence-electron chi connectivity index (χ2n) is 3.95. The molecule has 1 aromatic heterocycles. The molecule has 2 aromatic rings. The van der Waals surface area contributed by atoms with Gasteiger partial charge >= 0.3 is 0 Å². The molecule has 0 saturated heterocycles. The number of thiazole rings is 1. The van der Waals surface area contributed by atoms with Crippen molar-refractivity contribution in [2.45, 2.75) is 19.9 Å². The molecule has 1 heterocycles. The van der Waals surface area contributed by atoms with Crippen LogP contribution in [0.2, 0.25) is 5.02 Å². The lowest BCUT2D eigenvalue weighted by atomic mass is 10.0. The van der Waals surface area contributed by atoms with E-state index in [0.29, 0.717) is 5.02 Å². The molecule has 0 radical (unpaired) electrons. The normalized spacial score (nSPS) is 12.7. The second-order valence-corrected chi connectivity index (χ2v) is 5.42. The van der Waals surface area contributed by atoms with Crippen LogP contribution in [0.3, 0.4) is 0 Å². The third-order valence-electron chi connectivity index (χ3n) is 2.61. The Labute approximate surface area is 115 Å². The largest absolute Gasteiger partial charge is 0.305 e. The number of benzene rings is 1. The number of rotatable bonds is 4. The van der Waals surface area contributed by atoms with E-state index in [1.54, 1.807) is 17.4 Å². The molecule has 96 valence electrons. The summed E-state index contributed by atoms with van der Waals surface area (Å²) in [6.07, 6.45) is 0. The van der Waals surface area contributed by atoms with Gasteiger partial charge in [-0.15, -0.1) is 11.3 Å². The minimum Gasteiger partial charge on any atom is -0.305 e. The first-order valence-corrected chi connectivity index (χ1v) is 6.98. The highest BCUT2D eigenvalue weighted by Gasteiger charge is 2.19. The molecule has 0 amide bonds. The Morgan fingerprint density at radius 1 is 1.50 bits per heavy atom. The average Bonchev–Trinajstić information content (AvgIpc) is 2.76. The Kier molecular flexibility index (Phi) is 4.32. The lowest BCUT2D eigenvalue weighted by Crippen LogP contribution is -2.22. The first-order valence-electron chi connectivity index (χ1n) is 5.72. The molecule has 5 heteroatoms. The lowest BCUT2D eigenvalue weighted by Gasteiger charge is -2.17. The van der Waals surface area contributed by atoms with E-state index in [0.717, 1.165) is 22.8 Å². The fourth-order valence-electron chi connectivity index (χ4n) is 1.83. The summed E-state index contributed by atoms with van der Waals surface area (Å²) in [6, 6.07) is 4.24. The number of halogens is 2. The highest BCUT2D eigenvalue weighted by atomic mass is 35.5. The van der Waals surface area contributed by atoms with E-state index in [1.165, 1.54) is 12.1 Å². The first-order chi connectivity index (χ1) is 8.61. The van der Waals surface area contributed by atoms with Gasteiger partial charge in [-0.25, -0.2) is 9.37 Å². The van der Waals surface area contributed by atoms with Crippen molar-refractivity contribution in [3.8, 4) is 0 Å². The first kappa shape index (κ1) is 13.5. The maximum atomic E-state index is 13.4. The van der Waals surface area contributed by atoms with E-state index in [1.807, 2.05) is 19.2 Å². The predicted octanol–water partition coefficient (Wildman–Crippen LogP) is 3.94. The molecular weight excluding hydrogens is 271 g/mol. The van der Waals surface area contributed by atoms with Crippen molar-refractivity contribution < 1.29 is 4.39 Å². The van der Waals surface area contributed by atoms with E-state index >= 15 is 0 Å². The Morgan fingerprint density at radius 3 is 2.89 bits per heavy atom. The van der Waals surface area contributed by atoms with Crippen LogP contribution in [0.15, 0.2) is 23.6 Å². The van der Waals surface area contributed by atoms with Gasteiger partial charge in [0.05, 0.1) is 16.7 Å². The fourth-order valence-corrected chi connectivity index (χ4v) is 2.69. The molecular formula is C13H14ClFN2S. The molecule has 2 rings (SSSR count). The monoisotopic (exact) mass is 284 g/mol. The molecule has 0 aliphatic carbocycles. The molecule has 1 aromatic carbocycles. The van der Waals surface area contributed by atoms with Crippen LogP contribution >= 0.6 is 22.9 Å². The van der Waals surface area contributed by atoms with Crippen LogP contribution in [0.5, 0.6) is 0 Å². The summed E-state index contributed by atoms with van der Waals surface area (Å²) in [6.45, 7) is 4.71. The van der Waals surface area contributed by atoms with E-state index in [2.05, 4.69) is 10.3 Å². The van der Waals surface area contributed by atoms with Crippen LogP contribution in [0.4, 0.5) is 4.39 Å². The van der Waals surface area contributed by atoms with E-state index in [-0.39, 0.29) is 11.9 Å². The third kappa shape index (κ3) is 2.88. The second kappa shape index (κ2) is 5.78. The van der Waals surface area contributed by atoms with Crippen molar-refractivity contribution in [3.05, 3.63) is 50.7 Å². The van der Waals surface area contributed by atoms with Crippen molar-refractivity contribution in [1.29, 1.82) is 0 Å². The fraction of sp³-hybridized carbons (Fsp3) is 0.308. The van der Waals surface area contributed by atoms with Gasteiger partial charge in [-0.1, -0.05) is 18.5 Å². The van der Waals surface area contributed by atoms with Gasteiger partial charge in [-0.2, -0.15) is 0 Å². The van der Waals surface area contributed by atoms with Gasteiger partial charge in [-0.05, 0) is 37.2 Å². The Morgan fingerprint density at radius 2 is 2.28 bits per heavy atom. The number of aryl methyl sites for hydroxylation is 1. The van der Waals surface area contributed by atoms with Crippen molar-refractivity contribution in [1.82, 2.24) is 10.3 Å². The summed E-state index contributed by atoms with van der Waals surface area (Å²) in [7, 11) is 0. The average molecular weight is 285 g/mol. The molecule has 0 spiro atoms. The van der Waals surface area contributed by atoms with Gasteiger partial charge in [0.25, 0.3) is 0 Å². The predicted molar refractivity (Wildman–Crippen MR) is 73.8 cm³/mol. The van der Waals surface area contributed by atoms with Crippen LogP contribution < -0.4 is 5.32 Å². The van der Waals surface area contributed by atoms with Crippen LogP contribution in [0.25, 0.3) is 0 Å².